The fourth-order valence-corrected chi connectivity index (χ4v) is 6.61. The molecule has 0 aliphatic rings. The van der Waals surface area contributed by atoms with Crippen LogP contribution in [0.2, 0.25) is 0 Å². The highest BCUT2D eigenvalue weighted by Gasteiger charge is 2.51. The standard InChI is InChI=1S/C33H19BF15N.C5H12/c1-5-9-15(50(3,4)12-14-10-7-6-8-11-14)13(2)34(16-19(35)25(41)31(47)26(42)20(16)36,17-21(37)27(43)32(48)28(44)22(17)38)18-23(39)29(45)33(49)30(46)24(18)40;1-3-5-4-2/h6-8,10-11H,12H2,1-4H3;3-5H2,1-2H3/b15-13+;. The van der Waals surface area contributed by atoms with Crippen molar-refractivity contribution in [2.75, 3.05) is 14.1 Å². The van der Waals surface area contributed by atoms with Crippen LogP contribution in [0.4, 0.5) is 65.9 Å². The van der Waals surface area contributed by atoms with E-state index >= 15 is 26.3 Å². The van der Waals surface area contributed by atoms with Crippen LogP contribution in [0.1, 0.15) is 52.5 Å². The molecule has 17 heteroatoms. The summed E-state index contributed by atoms with van der Waals surface area (Å²) >= 11 is 0. The first-order valence-corrected chi connectivity index (χ1v) is 16.4. The lowest BCUT2D eigenvalue weighted by atomic mass is 9.12. The molecule has 0 atom stereocenters. The summed E-state index contributed by atoms with van der Waals surface area (Å²) in [4.78, 5) is 0. The van der Waals surface area contributed by atoms with E-state index in [1.807, 2.05) is 0 Å². The maximum Gasteiger partial charge on any atom is 0.200 e. The Labute approximate surface area is 306 Å². The molecule has 296 valence electrons. The number of hydrogen-bond acceptors (Lipinski definition) is 0. The molecule has 0 bridgehead atoms. The topological polar surface area (TPSA) is 0 Å². The molecule has 0 saturated heterocycles. The van der Waals surface area contributed by atoms with E-state index in [9.17, 15) is 39.5 Å². The lowest BCUT2D eigenvalue weighted by Crippen LogP contribution is -2.75. The van der Waals surface area contributed by atoms with E-state index in [0.717, 1.165) is 6.92 Å². The molecule has 0 N–H and O–H groups in total. The number of allylic oxidation sites excluding steroid dienone is 2. The first-order chi connectivity index (χ1) is 25.6. The first kappa shape index (κ1) is 44.6. The molecule has 4 rings (SSSR count). The molecule has 0 aliphatic heterocycles. The lowest BCUT2D eigenvalue weighted by Gasteiger charge is -2.46. The van der Waals surface area contributed by atoms with Gasteiger partial charge in [-0.2, -0.15) is 0 Å². The number of quaternary nitrogens is 1. The van der Waals surface area contributed by atoms with Crippen molar-refractivity contribution in [3.63, 3.8) is 0 Å². The number of unbranched alkanes of at least 4 members (excludes halogenated alkanes) is 2. The normalized spacial score (nSPS) is 12.2. The van der Waals surface area contributed by atoms with Gasteiger partial charge in [-0.3, -0.25) is 4.48 Å². The van der Waals surface area contributed by atoms with Gasteiger partial charge in [0, 0.05) is 5.56 Å². The van der Waals surface area contributed by atoms with Gasteiger partial charge >= 0.3 is 0 Å². The zero-order valence-corrected chi connectivity index (χ0v) is 29.9. The Morgan fingerprint density at radius 2 is 0.800 bits per heavy atom. The molecule has 0 aliphatic carbocycles. The third-order valence-corrected chi connectivity index (χ3v) is 9.03. The van der Waals surface area contributed by atoms with E-state index in [4.69, 9.17) is 0 Å². The fraction of sp³-hybridized carbons (Fsp3) is 0.263. The van der Waals surface area contributed by atoms with Crippen LogP contribution in [0.3, 0.4) is 0 Å². The van der Waals surface area contributed by atoms with Gasteiger partial charge in [0.1, 0.15) is 53.3 Å². The summed E-state index contributed by atoms with van der Waals surface area (Å²) in [5, 5.41) is 0. The molecule has 0 radical (unpaired) electrons. The average Bonchev–Trinajstić information content (AvgIpc) is 3.15. The highest BCUT2D eigenvalue weighted by atomic mass is 19.2. The molecule has 0 aromatic heterocycles. The van der Waals surface area contributed by atoms with Gasteiger partial charge in [0.25, 0.3) is 0 Å². The van der Waals surface area contributed by atoms with Crippen LogP contribution in [0.15, 0.2) is 41.5 Å². The maximum atomic E-state index is 16.0. The van der Waals surface area contributed by atoms with E-state index in [1.54, 1.807) is 6.07 Å². The molecule has 0 heterocycles. The van der Waals surface area contributed by atoms with Gasteiger partial charge in [-0.15, -0.1) is 21.9 Å². The van der Waals surface area contributed by atoms with Crippen LogP contribution in [-0.4, -0.2) is 24.7 Å². The van der Waals surface area contributed by atoms with Gasteiger partial charge in [0.05, 0.1) is 14.1 Å². The second-order valence-electron chi connectivity index (χ2n) is 12.9. The largest absolute Gasteiger partial charge is 0.288 e. The molecule has 1 nitrogen and oxygen atoms in total. The van der Waals surface area contributed by atoms with Gasteiger partial charge < -0.3 is 0 Å². The summed E-state index contributed by atoms with van der Waals surface area (Å²) < 4.78 is 228. The summed E-state index contributed by atoms with van der Waals surface area (Å²) in [7, 11) is 2.35. The molecular weight excluding hydrogens is 766 g/mol. The van der Waals surface area contributed by atoms with E-state index in [2.05, 4.69) is 25.7 Å². The molecule has 0 spiro atoms. The molecular formula is C38H31BF15N. The number of rotatable bonds is 9. The second kappa shape index (κ2) is 17.3. The SMILES string of the molecule is CC#C/C(=C(/C)[B-](c1c(F)c(F)c(F)c(F)c1F)(c1c(F)c(F)c(F)c(F)c1F)c1c(F)c(F)c(F)c(F)c1F)[N+](C)(C)Cc1ccccc1.CCCCC. The van der Waals surface area contributed by atoms with E-state index < -0.39 is 125 Å². The van der Waals surface area contributed by atoms with Crippen molar-refractivity contribution < 1.29 is 70.3 Å². The predicted molar refractivity (Wildman–Crippen MR) is 177 cm³/mol. The lowest BCUT2D eigenvalue weighted by molar-refractivity contribution is -0.862. The third kappa shape index (κ3) is 7.70. The Morgan fingerprint density at radius 3 is 1.05 bits per heavy atom. The van der Waals surface area contributed by atoms with Crippen LogP contribution in [0.25, 0.3) is 0 Å². The van der Waals surface area contributed by atoms with Gasteiger partial charge in [-0.25, -0.2) is 65.9 Å². The van der Waals surface area contributed by atoms with Crippen molar-refractivity contribution in [2.24, 2.45) is 0 Å². The summed E-state index contributed by atoms with van der Waals surface area (Å²) in [6, 6.07) is 7.51. The minimum Gasteiger partial charge on any atom is -0.288 e. The summed E-state index contributed by atoms with van der Waals surface area (Å²) in [5.74, 6) is -41.3. The fourth-order valence-electron chi connectivity index (χ4n) is 6.61. The Hall–Kier alpha value is -4.85. The van der Waals surface area contributed by atoms with Crippen molar-refractivity contribution in [3.05, 3.63) is 134 Å². The van der Waals surface area contributed by atoms with Crippen molar-refractivity contribution in [3.8, 4) is 11.8 Å². The third-order valence-electron chi connectivity index (χ3n) is 9.03. The van der Waals surface area contributed by atoms with Crippen LogP contribution in [-0.2, 0) is 6.54 Å². The minimum absolute atomic E-state index is 0.334. The van der Waals surface area contributed by atoms with Crippen LogP contribution >= 0.6 is 0 Å². The zero-order valence-electron chi connectivity index (χ0n) is 29.9. The molecule has 0 saturated carbocycles. The monoisotopic (exact) mass is 797 g/mol. The molecule has 0 amide bonds. The van der Waals surface area contributed by atoms with Gasteiger partial charge in [0.2, 0.25) is 0 Å². The van der Waals surface area contributed by atoms with Crippen LogP contribution in [0.5, 0.6) is 0 Å². The van der Waals surface area contributed by atoms with E-state index in [-0.39, 0.29) is 6.54 Å². The van der Waals surface area contributed by atoms with E-state index in [1.165, 1.54) is 57.6 Å². The summed E-state index contributed by atoms with van der Waals surface area (Å²) in [6.45, 7) is 5.59. The van der Waals surface area contributed by atoms with E-state index in [0.29, 0.717) is 12.5 Å². The van der Waals surface area contributed by atoms with Crippen molar-refractivity contribution in [1.29, 1.82) is 0 Å². The number of hydrogen-bond donors (Lipinski definition) is 0. The number of nitrogens with zero attached hydrogens (tertiary/aromatic N) is 1. The average molecular weight is 797 g/mol. The van der Waals surface area contributed by atoms with Crippen LogP contribution < -0.4 is 16.4 Å². The number of halogens is 15. The number of benzene rings is 4. The smallest absolute Gasteiger partial charge is 0.200 e. The maximum absolute atomic E-state index is 16.0. The zero-order chi connectivity index (χ0) is 41.9. The van der Waals surface area contributed by atoms with Crippen molar-refractivity contribution in [2.45, 2.75) is 53.5 Å². The van der Waals surface area contributed by atoms with Gasteiger partial charge in [-0.1, -0.05) is 76.3 Å². The Kier molecular flexibility index (Phi) is 14.0. The second-order valence-corrected chi connectivity index (χ2v) is 12.9. The van der Waals surface area contributed by atoms with Gasteiger partial charge in [0.15, 0.2) is 52.4 Å². The van der Waals surface area contributed by atoms with Gasteiger partial charge in [-0.05, 0) is 12.8 Å². The van der Waals surface area contributed by atoms with Crippen molar-refractivity contribution in [1.82, 2.24) is 0 Å². The first-order valence-electron chi connectivity index (χ1n) is 16.4. The molecule has 55 heavy (non-hydrogen) atoms. The molecule has 4 aromatic carbocycles. The highest BCUT2D eigenvalue weighted by molar-refractivity contribution is 7.16. The predicted octanol–water partition coefficient (Wildman–Crippen LogP) is 9.55. The molecule has 0 unspecified atom stereocenters. The Bertz CT molecular complexity index is 1950. The Morgan fingerprint density at radius 1 is 0.509 bits per heavy atom. The van der Waals surface area contributed by atoms with Crippen LogP contribution in [0, 0.1) is 99.1 Å². The Balaban J connectivity index is 0.00000152. The molecule has 0 fully saturated rings. The highest BCUT2D eigenvalue weighted by Crippen LogP contribution is 2.34. The summed E-state index contributed by atoms with van der Waals surface area (Å²) in [5.41, 5.74) is -9.99. The summed E-state index contributed by atoms with van der Waals surface area (Å²) in [6.07, 6.45) is -1.85. The molecule has 4 aromatic rings. The quantitative estimate of drug-likeness (QED) is 0.0396. The van der Waals surface area contributed by atoms with Crippen molar-refractivity contribution >= 4 is 22.5 Å². The minimum atomic E-state index is -5.93.